The van der Waals surface area contributed by atoms with Gasteiger partial charge in [-0.3, -0.25) is 9.59 Å². The van der Waals surface area contributed by atoms with Gasteiger partial charge >= 0.3 is 5.97 Å². The number of ether oxygens (including phenoxy) is 1. The Bertz CT molecular complexity index is 486. The molecule has 1 heterocycles. The van der Waals surface area contributed by atoms with E-state index in [1.54, 1.807) is 6.92 Å². The van der Waals surface area contributed by atoms with Crippen LogP contribution in [0.1, 0.15) is 30.3 Å². The van der Waals surface area contributed by atoms with Gasteiger partial charge in [0.25, 0.3) is 6.43 Å². The second kappa shape index (κ2) is 6.25. The molecule has 0 bridgehead atoms. The van der Waals surface area contributed by atoms with Gasteiger partial charge in [-0.1, -0.05) is 0 Å². The lowest BCUT2D eigenvalue weighted by atomic mass is 10.1. The smallest absolute Gasteiger partial charge is 0.311 e. The molecule has 100 valence electrons. The Kier molecular flexibility index (Phi) is 4.96. The first kappa shape index (κ1) is 14.3. The molecule has 0 amide bonds. The Morgan fingerprint density at radius 2 is 2.22 bits per heavy atom. The van der Waals surface area contributed by atoms with E-state index in [9.17, 15) is 18.4 Å². The van der Waals surface area contributed by atoms with Crippen molar-refractivity contribution in [3.8, 4) is 0 Å². The summed E-state index contributed by atoms with van der Waals surface area (Å²) in [5.41, 5.74) is 3.94. The quantitative estimate of drug-likeness (QED) is 0.769. The number of hydrogen-bond donors (Lipinski definition) is 2. The Balaban J connectivity index is 3.17. The molecule has 0 aliphatic rings. The maximum atomic E-state index is 12.8. The molecule has 18 heavy (non-hydrogen) atoms. The van der Waals surface area contributed by atoms with Gasteiger partial charge in [0.05, 0.1) is 18.6 Å². The van der Waals surface area contributed by atoms with Gasteiger partial charge < -0.3 is 15.5 Å². The molecule has 0 aromatic carbocycles. The minimum Gasteiger partial charge on any atom is -0.466 e. The number of H-pyrrole nitrogens is 1. The minimum atomic E-state index is -2.95. The molecule has 1 aromatic heterocycles. The summed E-state index contributed by atoms with van der Waals surface area (Å²) in [5, 5.41) is 0. The first-order valence-corrected chi connectivity index (χ1v) is 5.38. The van der Waals surface area contributed by atoms with Gasteiger partial charge in [-0.15, -0.1) is 0 Å². The zero-order valence-electron chi connectivity index (χ0n) is 9.83. The van der Waals surface area contributed by atoms with Crippen LogP contribution in [0.2, 0.25) is 0 Å². The number of nitrogens with two attached hydrogens (primary N) is 1. The molecule has 0 saturated carbocycles. The second-order valence-electron chi connectivity index (χ2n) is 3.54. The summed E-state index contributed by atoms with van der Waals surface area (Å²) in [7, 11) is 0. The summed E-state index contributed by atoms with van der Waals surface area (Å²) in [6.45, 7) is 1.74. The van der Waals surface area contributed by atoms with E-state index < -0.39 is 29.8 Å². The normalized spacial score (nSPS) is 10.7. The predicted octanol–water partition coefficient (Wildman–Crippen LogP) is 0.877. The molecule has 0 radical (unpaired) electrons. The Hall–Kier alpha value is -1.76. The highest BCUT2D eigenvalue weighted by atomic mass is 19.3. The van der Waals surface area contributed by atoms with Crippen molar-refractivity contribution in [2.75, 3.05) is 6.61 Å². The van der Waals surface area contributed by atoms with E-state index in [-0.39, 0.29) is 18.8 Å². The summed E-state index contributed by atoms with van der Waals surface area (Å²) in [6.07, 6.45) is -3.36. The topological polar surface area (TPSA) is 85.2 Å². The molecule has 7 heteroatoms. The van der Waals surface area contributed by atoms with Gasteiger partial charge in [0, 0.05) is 24.0 Å². The van der Waals surface area contributed by atoms with Crippen molar-refractivity contribution < 1.29 is 18.3 Å². The highest BCUT2D eigenvalue weighted by molar-refractivity contribution is 5.72. The van der Waals surface area contributed by atoms with Gasteiger partial charge in [0.2, 0.25) is 0 Å². The average Bonchev–Trinajstić information content (AvgIpc) is 2.27. The number of carbonyl (C=O) groups is 1. The molecule has 0 aliphatic carbocycles. The summed E-state index contributed by atoms with van der Waals surface area (Å²) in [5.74, 6) is -0.677. The van der Waals surface area contributed by atoms with Crippen LogP contribution < -0.4 is 11.2 Å². The maximum absolute atomic E-state index is 12.8. The van der Waals surface area contributed by atoms with E-state index in [4.69, 9.17) is 5.73 Å². The molecule has 0 spiro atoms. The fourth-order valence-corrected chi connectivity index (χ4v) is 1.53. The monoisotopic (exact) mass is 260 g/mol. The molecule has 5 nitrogen and oxygen atoms in total. The lowest BCUT2D eigenvalue weighted by Gasteiger charge is -2.10. The van der Waals surface area contributed by atoms with Gasteiger partial charge in [0.1, 0.15) is 0 Å². The van der Waals surface area contributed by atoms with Crippen molar-refractivity contribution >= 4 is 5.97 Å². The van der Waals surface area contributed by atoms with Gasteiger partial charge in [-0.25, -0.2) is 8.78 Å². The van der Waals surface area contributed by atoms with E-state index in [2.05, 4.69) is 9.72 Å². The Labute approximate surface area is 102 Å². The molecule has 0 unspecified atom stereocenters. The number of carbonyl (C=O) groups excluding carboxylic acids is 1. The Morgan fingerprint density at radius 1 is 1.56 bits per heavy atom. The van der Waals surface area contributed by atoms with Crippen LogP contribution in [-0.2, 0) is 22.5 Å². The zero-order valence-corrected chi connectivity index (χ0v) is 9.83. The standard InChI is InChI=1S/C11H14F2N2O3/c1-2-18-9(17)4-7-10(11(12)13)8(16)3-6(5-14)15-7/h3,11H,2,4-5,14H2,1H3,(H,15,16). The molecule has 0 atom stereocenters. The molecule has 0 fully saturated rings. The third-order valence-corrected chi connectivity index (χ3v) is 2.27. The lowest BCUT2D eigenvalue weighted by molar-refractivity contribution is -0.142. The van der Waals surface area contributed by atoms with Crippen molar-refractivity contribution in [3.05, 3.63) is 33.2 Å². The Morgan fingerprint density at radius 3 is 2.72 bits per heavy atom. The second-order valence-corrected chi connectivity index (χ2v) is 3.54. The van der Waals surface area contributed by atoms with E-state index in [1.807, 2.05) is 0 Å². The first-order valence-electron chi connectivity index (χ1n) is 5.38. The van der Waals surface area contributed by atoms with Gasteiger partial charge in [-0.2, -0.15) is 0 Å². The number of aromatic amines is 1. The minimum absolute atomic E-state index is 0.00537. The van der Waals surface area contributed by atoms with Crippen LogP contribution in [0.25, 0.3) is 0 Å². The molecule has 0 saturated heterocycles. The van der Waals surface area contributed by atoms with Crippen molar-refractivity contribution in [2.24, 2.45) is 5.73 Å². The van der Waals surface area contributed by atoms with E-state index in [0.29, 0.717) is 5.69 Å². The summed E-state index contributed by atoms with van der Waals surface area (Å²) in [6, 6.07) is 1.01. The van der Waals surface area contributed by atoms with Gasteiger partial charge in [-0.05, 0) is 6.92 Å². The summed E-state index contributed by atoms with van der Waals surface area (Å²) in [4.78, 5) is 25.3. The van der Waals surface area contributed by atoms with Crippen LogP contribution in [0.15, 0.2) is 10.9 Å². The molecule has 3 N–H and O–H groups in total. The fourth-order valence-electron chi connectivity index (χ4n) is 1.53. The number of aromatic nitrogens is 1. The summed E-state index contributed by atoms with van der Waals surface area (Å²) >= 11 is 0. The number of rotatable bonds is 5. The predicted molar refractivity (Wildman–Crippen MR) is 60.2 cm³/mol. The SMILES string of the molecule is CCOC(=O)Cc1[nH]c(CN)cc(=O)c1C(F)F. The number of alkyl halides is 2. The number of hydrogen-bond acceptors (Lipinski definition) is 4. The largest absolute Gasteiger partial charge is 0.466 e. The zero-order chi connectivity index (χ0) is 13.7. The van der Waals surface area contributed by atoms with E-state index in [0.717, 1.165) is 6.07 Å². The van der Waals surface area contributed by atoms with Gasteiger partial charge in [0.15, 0.2) is 5.43 Å². The van der Waals surface area contributed by atoms with Crippen LogP contribution in [0, 0.1) is 0 Å². The van der Waals surface area contributed by atoms with Crippen molar-refractivity contribution in [3.63, 3.8) is 0 Å². The molecule has 0 aliphatic heterocycles. The number of pyridine rings is 1. The summed E-state index contributed by atoms with van der Waals surface area (Å²) < 4.78 is 30.2. The van der Waals surface area contributed by atoms with E-state index >= 15 is 0 Å². The van der Waals surface area contributed by atoms with Crippen LogP contribution >= 0.6 is 0 Å². The highest BCUT2D eigenvalue weighted by Crippen LogP contribution is 2.19. The third kappa shape index (κ3) is 3.36. The van der Waals surface area contributed by atoms with Crippen molar-refractivity contribution in [1.29, 1.82) is 0 Å². The van der Waals surface area contributed by atoms with Crippen LogP contribution in [0.3, 0.4) is 0 Å². The van der Waals surface area contributed by atoms with Crippen molar-refractivity contribution in [1.82, 2.24) is 4.98 Å². The highest BCUT2D eigenvalue weighted by Gasteiger charge is 2.20. The van der Waals surface area contributed by atoms with E-state index in [1.165, 1.54) is 0 Å². The number of esters is 1. The molecule has 1 aromatic rings. The van der Waals surface area contributed by atoms with Crippen LogP contribution in [0.5, 0.6) is 0 Å². The number of nitrogens with one attached hydrogen (secondary N) is 1. The third-order valence-electron chi connectivity index (χ3n) is 2.27. The maximum Gasteiger partial charge on any atom is 0.311 e. The van der Waals surface area contributed by atoms with Crippen LogP contribution in [-0.4, -0.2) is 17.6 Å². The van der Waals surface area contributed by atoms with Crippen LogP contribution in [0.4, 0.5) is 8.78 Å². The van der Waals surface area contributed by atoms with Crippen molar-refractivity contribution in [2.45, 2.75) is 26.3 Å². The average molecular weight is 260 g/mol. The fraction of sp³-hybridized carbons (Fsp3) is 0.455. The lowest BCUT2D eigenvalue weighted by Crippen LogP contribution is -2.20. The first-order chi connectivity index (χ1) is 8.49. The number of halogens is 2. The molecular formula is C11H14F2N2O3. The molecular weight excluding hydrogens is 246 g/mol. The molecule has 1 rings (SSSR count).